The summed E-state index contributed by atoms with van der Waals surface area (Å²) in [6.07, 6.45) is 0.964. The number of benzene rings is 5. The molecule has 1 atom stereocenters. The van der Waals surface area contributed by atoms with Crippen molar-refractivity contribution in [2.45, 2.75) is 44.2 Å². The molecule has 2 amide bonds. The van der Waals surface area contributed by atoms with Crippen molar-refractivity contribution in [3.63, 3.8) is 0 Å². The minimum atomic E-state index is -4.23. The molecule has 0 aliphatic rings. The van der Waals surface area contributed by atoms with Gasteiger partial charge in [0, 0.05) is 24.0 Å². The maximum absolute atomic E-state index is 14.7. The number of amides is 2. The summed E-state index contributed by atoms with van der Waals surface area (Å²) in [5, 5.41) is 2.97. The van der Waals surface area contributed by atoms with Crippen molar-refractivity contribution in [3.05, 3.63) is 155 Å². The molecule has 0 fully saturated rings. The van der Waals surface area contributed by atoms with Crippen LogP contribution in [0.4, 0.5) is 5.69 Å². The zero-order valence-corrected chi connectivity index (χ0v) is 30.4. The maximum atomic E-state index is 14.7. The predicted molar refractivity (Wildman–Crippen MR) is 201 cm³/mol. The molecule has 0 aliphatic carbocycles. The van der Waals surface area contributed by atoms with Crippen molar-refractivity contribution in [2.24, 2.45) is 0 Å². The third-order valence-corrected chi connectivity index (χ3v) is 10.4. The smallest absolute Gasteiger partial charge is 0.264 e. The van der Waals surface area contributed by atoms with Gasteiger partial charge in [0.2, 0.25) is 11.8 Å². The van der Waals surface area contributed by atoms with Gasteiger partial charge in [-0.25, -0.2) is 8.42 Å². The zero-order chi connectivity index (χ0) is 35.5. The molecular weight excluding hydrogens is 714 g/mol. The lowest BCUT2D eigenvalue weighted by molar-refractivity contribution is -0.140. The number of nitrogens with one attached hydrogen (secondary N) is 1. The fourth-order valence-electron chi connectivity index (χ4n) is 5.38. The Balaban J connectivity index is 1.55. The Kier molecular flexibility index (Phi) is 12.5. The molecule has 0 unspecified atom stereocenters. The Morgan fingerprint density at radius 3 is 1.98 bits per heavy atom. The molecule has 0 aromatic heterocycles. The van der Waals surface area contributed by atoms with Crippen LogP contribution in [0.5, 0.6) is 11.5 Å². The molecule has 8 nitrogen and oxygen atoms in total. The molecule has 0 spiro atoms. The summed E-state index contributed by atoms with van der Waals surface area (Å²) in [6, 6.07) is 38.4. The summed E-state index contributed by atoms with van der Waals surface area (Å²) in [7, 11) is -4.23. The van der Waals surface area contributed by atoms with Crippen LogP contribution in [0.3, 0.4) is 0 Å². The molecule has 5 aromatic rings. The summed E-state index contributed by atoms with van der Waals surface area (Å²) < 4.78 is 36.6. The average Bonchev–Trinajstić information content (AvgIpc) is 3.13. The van der Waals surface area contributed by atoms with Gasteiger partial charge >= 0.3 is 0 Å². The molecule has 0 saturated heterocycles. The first kappa shape index (κ1) is 36.4. The highest BCUT2D eigenvalue weighted by atomic mass is 79.9. The highest BCUT2D eigenvalue weighted by Crippen LogP contribution is 2.29. The number of anilines is 1. The number of sulfonamides is 1. The SMILES string of the molecule is CCCNC(=O)[C@H](Cc1ccccc1)N(Cc1ccc(Br)cc1)C(=O)CN(c1ccc(Oc2ccccc2)cc1)S(=O)(=O)c1ccc(C)cc1. The number of carbonyl (C=O) groups excluding carboxylic acids is 2. The third kappa shape index (κ3) is 9.61. The minimum Gasteiger partial charge on any atom is -0.457 e. The van der Waals surface area contributed by atoms with Crippen LogP contribution in [-0.2, 0) is 32.6 Å². The number of hydrogen-bond donors (Lipinski definition) is 1. The molecule has 0 heterocycles. The fraction of sp³-hybridized carbons (Fsp3) is 0.200. The summed E-state index contributed by atoms with van der Waals surface area (Å²) in [6.45, 7) is 3.82. The molecule has 50 heavy (non-hydrogen) atoms. The van der Waals surface area contributed by atoms with E-state index in [9.17, 15) is 18.0 Å². The first-order valence-corrected chi connectivity index (χ1v) is 18.7. The van der Waals surface area contributed by atoms with Gasteiger partial charge in [-0.15, -0.1) is 0 Å². The van der Waals surface area contributed by atoms with Crippen molar-refractivity contribution in [2.75, 3.05) is 17.4 Å². The number of rotatable bonds is 15. The summed E-state index contributed by atoms with van der Waals surface area (Å²) >= 11 is 3.47. The van der Waals surface area contributed by atoms with Crippen molar-refractivity contribution < 1.29 is 22.7 Å². The van der Waals surface area contributed by atoms with Crippen LogP contribution >= 0.6 is 15.9 Å². The summed E-state index contributed by atoms with van der Waals surface area (Å²) in [5.41, 5.74) is 2.84. The van der Waals surface area contributed by atoms with Gasteiger partial charge in [-0.3, -0.25) is 13.9 Å². The lowest BCUT2D eigenvalue weighted by Gasteiger charge is -2.34. The molecule has 0 aliphatic heterocycles. The second kappa shape index (κ2) is 17.1. The maximum Gasteiger partial charge on any atom is 0.264 e. The number of hydrogen-bond acceptors (Lipinski definition) is 5. The molecule has 5 aromatic carbocycles. The van der Waals surface area contributed by atoms with Crippen molar-refractivity contribution >= 4 is 43.5 Å². The number of para-hydroxylation sites is 1. The van der Waals surface area contributed by atoms with Gasteiger partial charge in [-0.1, -0.05) is 101 Å². The van der Waals surface area contributed by atoms with Gasteiger partial charge in [0.1, 0.15) is 24.1 Å². The monoisotopic (exact) mass is 753 g/mol. The Labute approximate surface area is 302 Å². The van der Waals surface area contributed by atoms with Gasteiger partial charge in [0.05, 0.1) is 10.6 Å². The Hall–Kier alpha value is -4.93. The number of ether oxygens (including phenoxy) is 1. The van der Waals surface area contributed by atoms with Crippen LogP contribution in [0, 0.1) is 6.92 Å². The van der Waals surface area contributed by atoms with Crippen LogP contribution in [-0.4, -0.2) is 44.3 Å². The fourth-order valence-corrected chi connectivity index (χ4v) is 7.06. The van der Waals surface area contributed by atoms with Gasteiger partial charge in [0.25, 0.3) is 10.0 Å². The summed E-state index contributed by atoms with van der Waals surface area (Å²) in [5.74, 6) is 0.303. The van der Waals surface area contributed by atoms with Gasteiger partial charge in [0.15, 0.2) is 0 Å². The number of halogens is 1. The van der Waals surface area contributed by atoms with Crippen LogP contribution in [0.15, 0.2) is 143 Å². The van der Waals surface area contributed by atoms with Crippen molar-refractivity contribution in [3.8, 4) is 11.5 Å². The van der Waals surface area contributed by atoms with E-state index in [0.717, 1.165) is 31.9 Å². The Morgan fingerprint density at radius 2 is 1.36 bits per heavy atom. The predicted octanol–water partition coefficient (Wildman–Crippen LogP) is 7.91. The number of carbonyl (C=O) groups is 2. The Bertz CT molecular complexity index is 1960. The van der Waals surface area contributed by atoms with Gasteiger partial charge in [-0.2, -0.15) is 0 Å². The van der Waals surface area contributed by atoms with Crippen LogP contribution in [0.2, 0.25) is 0 Å². The average molecular weight is 755 g/mol. The highest BCUT2D eigenvalue weighted by Gasteiger charge is 2.34. The second-order valence-corrected chi connectivity index (χ2v) is 14.7. The first-order chi connectivity index (χ1) is 24.1. The molecule has 1 N–H and O–H groups in total. The van der Waals surface area contributed by atoms with E-state index in [1.54, 1.807) is 36.4 Å². The molecular formula is C40H40BrN3O5S. The van der Waals surface area contributed by atoms with Gasteiger partial charge < -0.3 is 15.0 Å². The number of nitrogens with zero attached hydrogens (tertiary/aromatic N) is 2. The van der Waals surface area contributed by atoms with Crippen LogP contribution in [0.1, 0.15) is 30.0 Å². The second-order valence-electron chi connectivity index (χ2n) is 11.9. The molecule has 0 radical (unpaired) electrons. The largest absolute Gasteiger partial charge is 0.457 e. The van der Waals surface area contributed by atoms with Crippen molar-refractivity contribution in [1.82, 2.24) is 10.2 Å². The topological polar surface area (TPSA) is 96.0 Å². The van der Waals surface area contributed by atoms with E-state index in [4.69, 9.17) is 4.74 Å². The van der Waals surface area contributed by atoms with E-state index in [1.807, 2.05) is 98.8 Å². The van der Waals surface area contributed by atoms with Crippen LogP contribution < -0.4 is 14.4 Å². The van der Waals surface area contributed by atoms with Gasteiger partial charge in [-0.05, 0) is 85.1 Å². The van der Waals surface area contributed by atoms with Crippen LogP contribution in [0.25, 0.3) is 0 Å². The van der Waals surface area contributed by atoms with Crippen molar-refractivity contribution in [1.29, 1.82) is 0 Å². The Morgan fingerprint density at radius 1 is 0.760 bits per heavy atom. The lowest BCUT2D eigenvalue weighted by Crippen LogP contribution is -2.53. The lowest BCUT2D eigenvalue weighted by atomic mass is 10.0. The number of aryl methyl sites for hydroxylation is 1. The molecule has 0 bridgehead atoms. The molecule has 0 saturated carbocycles. The third-order valence-electron chi connectivity index (χ3n) is 8.08. The minimum absolute atomic E-state index is 0.0431. The zero-order valence-electron chi connectivity index (χ0n) is 28.0. The van der Waals surface area contributed by atoms with E-state index in [2.05, 4.69) is 21.2 Å². The van der Waals surface area contributed by atoms with E-state index in [-0.39, 0.29) is 29.5 Å². The van der Waals surface area contributed by atoms with E-state index >= 15 is 0 Å². The van der Waals surface area contributed by atoms with E-state index in [0.29, 0.717) is 18.0 Å². The molecule has 10 heteroatoms. The molecule has 258 valence electrons. The quantitative estimate of drug-likeness (QED) is 0.117. The first-order valence-electron chi connectivity index (χ1n) is 16.4. The normalized spacial score (nSPS) is 11.7. The highest BCUT2D eigenvalue weighted by molar-refractivity contribution is 9.10. The summed E-state index contributed by atoms with van der Waals surface area (Å²) in [4.78, 5) is 30.0. The molecule has 5 rings (SSSR count). The standard InChI is InChI=1S/C40H40BrN3O5S/c1-3-26-42-40(46)38(27-31-10-6-4-7-11-31)43(28-32-16-18-33(41)19-17-32)39(45)29-44(50(47,48)37-24-14-30(2)15-25-37)34-20-22-36(23-21-34)49-35-12-8-5-9-13-35/h4-25,38H,3,26-29H2,1-2H3,(H,42,46)/t38-/m0/s1. The van der Waals surface area contributed by atoms with E-state index < -0.39 is 28.5 Å². The van der Waals surface area contributed by atoms with E-state index in [1.165, 1.54) is 17.0 Å².